The van der Waals surface area contributed by atoms with Crippen molar-refractivity contribution >= 4 is 16.2 Å². The summed E-state index contributed by atoms with van der Waals surface area (Å²) >= 11 is 0. The Morgan fingerprint density at radius 3 is 2.00 bits per heavy atom. The second-order valence-electron chi connectivity index (χ2n) is 5.40. The van der Waals surface area contributed by atoms with Crippen LogP contribution in [0.25, 0.3) is 0 Å². The van der Waals surface area contributed by atoms with E-state index in [2.05, 4.69) is 9.44 Å². The smallest absolute Gasteiger partial charge is 0.310 e. The van der Waals surface area contributed by atoms with Crippen LogP contribution in [-0.2, 0) is 15.0 Å². The molecule has 0 radical (unpaired) electrons. The van der Waals surface area contributed by atoms with Gasteiger partial charge >= 0.3 is 5.97 Å². The van der Waals surface area contributed by atoms with Crippen LogP contribution in [0.1, 0.15) is 41.0 Å². The SMILES string of the molecule is CCC(C)(CNS(=O)(=O)NC(C)(C)C)C(=O)O. The molecule has 0 amide bonds. The Morgan fingerprint density at radius 2 is 1.71 bits per heavy atom. The van der Waals surface area contributed by atoms with E-state index in [0.717, 1.165) is 0 Å². The molecule has 0 aliphatic rings. The van der Waals surface area contributed by atoms with Crippen molar-refractivity contribution in [2.24, 2.45) is 5.41 Å². The second kappa shape index (κ2) is 5.32. The summed E-state index contributed by atoms with van der Waals surface area (Å²) in [5.74, 6) is -1.02. The van der Waals surface area contributed by atoms with E-state index >= 15 is 0 Å². The topological polar surface area (TPSA) is 95.5 Å². The minimum Gasteiger partial charge on any atom is -0.481 e. The van der Waals surface area contributed by atoms with E-state index in [4.69, 9.17) is 5.11 Å². The Bertz CT molecular complexity index is 372. The molecule has 0 bridgehead atoms. The highest BCUT2D eigenvalue weighted by atomic mass is 32.2. The van der Waals surface area contributed by atoms with Gasteiger partial charge < -0.3 is 5.11 Å². The van der Waals surface area contributed by atoms with Gasteiger partial charge in [-0.1, -0.05) is 6.92 Å². The highest BCUT2D eigenvalue weighted by molar-refractivity contribution is 7.87. The Morgan fingerprint density at radius 1 is 1.24 bits per heavy atom. The molecule has 17 heavy (non-hydrogen) atoms. The van der Waals surface area contributed by atoms with Crippen molar-refractivity contribution in [3.8, 4) is 0 Å². The van der Waals surface area contributed by atoms with Crippen LogP contribution in [0.15, 0.2) is 0 Å². The fourth-order valence-electron chi connectivity index (χ4n) is 1.05. The molecular weight excluding hydrogens is 244 g/mol. The van der Waals surface area contributed by atoms with Gasteiger partial charge in [-0.2, -0.15) is 13.1 Å². The first-order chi connectivity index (χ1) is 7.42. The normalized spacial score (nSPS) is 16.5. The number of aliphatic carboxylic acids is 1. The molecule has 6 nitrogen and oxygen atoms in total. The Kier molecular flexibility index (Phi) is 5.12. The van der Waals surface area contributed by atoms with Gasteiger partial charge in [0.05, 0.1) is 5.41 Å². The standard InChI is InChI=1S/C10H22N2O4S/c1-6-10(5,8(13)14)7-11-17(15,16)12-9(2,3)4/h11-12H,6-7H2,1-5H3,(H,13,14). The summed E-state index contributed by atoms with van der Waals surface area (Å²) in [4.78, 5) is 11.0. The van der Waals surface area contributed by atoms with E-state index < -0.39 is 27.1 Å². The largest absolute Gasteiger partial charge is 0.481 e. The number of hydrogen-bond donors (Lipinski definition) is 3. The van der Waals surface area contributed by atoms with Crippen molar-refractivity contribution in [1.29, 1.82) is 0 Å². The van der Waals surface area contributed by atoms with Crippen molar-refractivity contribution in [1.82, 2.24) is 9.44 Å². The first kappa shape index (κ1) is 16.3. The quantitative estimate of drug-likeness (QED) is 0.659. The Balaban J connectivity index is 4.62. The first-order valence-electron chi connectivity index (χ1n) is 5.44. The average molecular weight is 266 g/mol. The van der Waals surface area contributed by atoms with Crippen LogP contribution in [0.5, 0.6) is 0 Å². The zero-order chi connectivity index (χ0) is 13.9. The highest BCUT2D eigenvalue weighted by Gasteiger charge is 2.33. The van der Waals surface area contributed by atoms with Gasteiger partial charge in [0, 0.05) is 12.1 Å². The molecule has 0 aliphatic heterocycles. The van der Waals surface area contributed by atoms with Crippen LogP contribution in [-0.4, -0.2) is 31.6 Å². The van der Waals surface area contributed by atoms with Crippen molar-refractivity contribution < 1.29 is 18.3 Å². The van der Waals surface area contributed by atoms with Crippen LogP contribution in [0.3, 0.4) is 0 Å². The molecule has 0 aromatic rings. The van der Waals surface area contributed by atoms with Gasteiger partial charge in [-0.05, 0) is 34.1 Å². The van der Waals surface area contributed by atoms with Crippen LogP contribution >= 0.6 is 0 Å². The number of carboxylic acids is 1. The highest BCUT2D eigenvalue weighted by Crippen LogP contribution is 2.20. The summed E-state index contributed by atoms with van der Waals surface area (Å²) in [6.45, 7) is 8.21. The predicted molar refractivity (Wildman–Crippen MR) is 65.8 cm³/mol. The Labute approximate surface area is 103 Å². The van der Waals surface area contributed by atoms with Crippen molar-refractivity contribution in [3.05, 3.63) is 0 Å². The third-order valence-electron chi connectivity index (χ3n) is 2.39. The van der Waals surface area contributed by atoms with E-state index in [-0.39, 0.29) is 6.54 Å². The monoisotopic (exact) mass is 266 g/mol. The molecule has 102 valence electrons. The van der Waals surface area contributed by atoms with Gasteiger partial charge in [0.1, 0.15) is 0 Å². The third-order valence-corrected chi connectivity index (χ3v) is 3.80. The molecule has 0 spiro atoms. The second-order valence-corrected chi connectivity index (χ2v) is 6.90. The summed E-state index contributed by atoms with van der Waals surface area (Å²) in [6, 6.07) is 0. The summed E-state index contributed by atoms with van der Waals surface area (Å²) in [5.41, 5.74) is -1.69. The maximum atomic E-state index is 11.6. The molecule has 0 heterocycles. The molecule has 3 N–H and O–H groups in total. The average Bonchev–Trinajstić information content (AvgIpc) is 2.10. The lowest BCUT2D eigenvalue weighted by atomic mass is 9.88. The molecule has 0 rings (SSSR count). The maximum absolute atomic E-state index is 11.6. The van der Waals surface area contributed by atoms with E-state index in [0.29, 0.717) is 6.42 Å². The molecule has 0 fully saturated rings. The Hall–Kier alpha value is -0.660. The molecule has 0 saturated heterocycles. The van der Waals surface area contributed by atoms with Gasteiger partial charge in [-0.15, -0.1) is 0 Å². The van der Waals surface area contributed by atoms with Gasteiger partial charge in [0.15, 0.2) is 0 Å². The summed E-state index contributed by atoms with van der Waals surface area (Å²) in [7, 11) is -3.68. The van der Waals surface area contributed by atoms with E-state index in [9.17, 15) is 13.2 Å². The molecule has 7 heteroatoms. The van der Waals surface area contributed by atoms with Crippen LogP contribution in [0, 0.1) is 5.41 Å². The zero-order valence-corrected chi connectivity index (χ0v) is 11.8. The fourth-order valence-corrected chi connectivity index (χ4v) is 2.43. The number of carbonyl (C=O) groups is 1. The first-order valence-corrected chi connectivity index (χ1v) is 6.92. The van der Waals surface area contributed by atoms with Crippen LogP contribution in [0.2, 0.25) is 0 Å². The lowest BCUT2D eigenvalue weighted by molar-refractivity contribution is -0.147. The molecule has 1 atom stereocenters. The number of rotatable bonds is 6. The molecule has 0 aromatic heterocycles. The van der Waals surface area contributed by atoms with E-state index in [1.807, 2.05) is 0 Å². The van der Waals surface area contributed by atoms with Gasteiger partial charge in [-0.3, -0.25) is 4.79 Å². The lowest BCUT2D eigenvalue weighted by Crippen LogP contribution is -2.50. The van der Waals surface area contributed by atoms with E-state index in [1.54, 1.807) is 27.7 Å². The molecular formula is C10H22N2O4S. The summed E-state index contributed by atoms with van der Waals surface area (Å²) in [6.07, 6.45) is 0.348. The number of carboxylic acid groups (broad SMARTS) is 1. The fraction of sp³-hybridized carbons (Fsp3) is 0.900. The maximum Gasteiger partial charge on any atom is 0.310 e. The van der Waals surface area contributed by atoms with Crippen molar-refractivity contribution in [3.63, 3.8) is 0 Å². The van der Waals surface area contributed by atoms with Crippen molar-refractivity contribution in [2.45, 2.75) is 46.6 Å². The summed E-state index contributed by atoms with van der Waals surface area (Å²) < 4.78 is 27.9. The lowest BCUT2D eigenvalue weighted by Gasteiger charge is -2.25. The minimum absolute atomic E-state index is 0.135. The van der Waals surface area contributed by atoms with Gasteiger partial charge in [0.25, 0.3) is 10.2 Å². The van der Waals surface area contributed by atoms with Crippen molar-refractivity contribution in [2.75, 3.05) is 6.54 Å². The summed E-state index contributed by atoms with van der Waals surface area (Å²) in [5, 5.41) is 9.01. The van der Waals surface area contributed by atoms with Crippen LogP contribution < -0.4 is 9.44 Å². The van der Waals surface area contributed by atoms with Gasteiger partial charge in [-0.25, -0.2) is 4.72 Å². The predicted octanol–water partition coefficient (Wildman–Crippen LogP) is 0.710. The van der Waals surface area contributed by atoms with E-state index in [1.165, 1.54) is 6.92 Å². The van der Waals surface area contributed by atoms with Gasteiger partial charge in [0.2, 0.25) is 0 Å². The number of hydrogen-bond acceptors (Lipinski definition) is 3. The number of nitrogens with one attached hydrogen (secondary N) is 2. The minimum atomic E-state index is -3.68. The molecule has 0 aliphatic carbocycles. The molecule has 1 unspecified atom stereocenters. The third kappa shape index (κ3) is 5.99. The molecule has 0 aromatic carbocycles. The van der Waals surface area contributed by atoms with Crippen LogP contribution in [0.4, 0.5) is 0 Å². The molecule has 0 saturated carbocycles. The zero-order valence-electron chi connectivity index (χ0n) is 11.0.